The van der Waals surface area contributed by atoms with Gasteiger partial charge in [-0.3, -0.25) is 14.6 Å². The van der Waals surface area contributed by atoms with Crippen molar-refractivity contribution in [2.75, 3.05) is 19.6 Å². The number of benzene rings is 2. The highest BCUT2D eigenvalue weighted by atomic mass is 16.7. The third-order valence-electron chi connectivity index (χ3n) is 10.5. The SMILES string of the molecule is CC(C)N(CCNC(=O)C1c2ccc(OCc3ccccc3)cc2CCN1C(=O)OC1CCCCC1)C(C)C.O=C(Oc1ccccn1)OC1CCCCC1. The molecule has 11 heteroatoms. The van der Waals surface area contributed by atoms with Crippen LogP contribution in [0.15, 0.2) is 72.9 Å². The fourth-order valence-corrected chi connectivity index (χ4v) is 7.66. The van der Waals surface area contributed by atoms with Gasteiger partial charge in [0.05, 0.1) is 0 Å². The maximum atomic E-state index is 13.7. The summed E-state index contributed by atoms with van der Waals surface area (Å²) < 4.78 is 22.1. The molecule has 2 fully saturated rings. The minimum atomic E-state index is -0.723. The lowest BCUT2D eigenvalue weighted by Gasteiger charge is -2.37. The summed E-state index contributed by atoms with van der Waals surface area (Å²) in [5.74, 6) is 0.879. The second-order valence-corrected chi connectivity index (χ2v) is 15.2. The van der Waals surface area contributed by atoms with E-state index in [9.17, 15) is 14.4 Å². The van der Waals surface area contributed by atoms with Crippen LogP contribution in [0.1, 0.15) is 115 Å². The number of carbonyl (C=O) groups is 3. The van der Waals surface area contributed by atoms with Crippen LogP contribution in [0.25, 0.3) is 0 Å². The maximum Gasteiger partial charge on any atom is 0.515 e. The highest BCUT2D eigenvalue weighted by Crippen LogP contribution is 2.34. The Bertz CT molecular complexity index is 1620. The molecular formula is C44H60N4O7. The van der Waals surface area contributed by atoms with Crippen LogP contribution in [-0.4, -0.2) is 76.9 Å². The molecule has 3 aromatic rings. The summed E-state index contributed by atoms with van der Waals surface area (Å²) in [6, 6.07) is 21.1. The molecule has 298 valence electrons. The van der Waals surface area contributed by atoms with Crippen LogP contribution in [0.4, 0.5) is 9.59 Å². The van der Waals surface area contributed by atoms with Gasteiger partial charge in [-0.15, -0.1) is 0 Å². The summed E-state index contributed by atoms with van der Waals surface area (Å²) in [4.78, 5) is 46.3. The van der Waals surface area contributed by atoms with Crippen molar-refractivity contribution in [3.63, 3.8) is 0 Å². The number of aromatic nitrogens is 1. The molecule has 2 aliphatic carbocycles. The van der Waals surface area contributed by atoms with Crippen LogP contribution >= 0.6 is 0 Å². The Balaban J connectivity index is 0.000000301. The third kappa shape index (κ3) is 13.0. The highest BCUT2D eigenvalue weighted by Gasteiger charge is 2.38. The quantitative estimate of drug-likeness (QED) is 0.181. The van der Waals surface area contributed by atoms with E-state index in [2.05, 4.69) is 42.9 Å². The van der Waals surface area contributed by atoms with Crippen LogP contribution in [-0.2, 0) is 27.3 Å². The molecule has 2 heterocycles. The van der Waals surface area contributed by atoms with Crippen molar-refractivity contribution in [1.82, 2.24) is 20.1 Å². The van der Waals surface area contributed by atoms with E-state index in [0.29, 0.717) is 38.2 Å². The van der Waals surface area contributed by atoms with Crippen molar-refractivity contribution in [2.24, 2.45) is 0 Å². The van der Waals surface area contributed by atoms with E-state index < -0.39 is 12.2 Å². The molecule has 1 aliphatic heterocycles. The van der Waals surface area contributed by atoms with Gasteiger partial charge in [-0.25, -0.2) is 14.6 Å². The lowest BCUT2D eigenvalue weighted by atomic mass is 9.92. The normalized spacial score (nSPS) is 17.5. The number of fused-ring (bicyclic) bond motifs is 1. The summed E-state index contributed by atoms with van der Waals surface area (Å²) in [6.45, 7) is 10.8. The molecule has 0 saturated heterocycles. The standard InChI is InChI=1S/C32H45N3O4.C12H15NO3/c1-23(2)34(24(3)4)20-18-33-31(36)30-29-16-15-28(38-22-25-11-7-5-8-12-25)21-26(29)17-19-35(30)32(37)39-27-13-9-6-10-14-27;14-12(15-10-6-2-1-3-7-10)16-11-8-4-5-9-13-11/h5,7-8,11-12,15-16,21,23-24,27,30H,6,9-10,13-14,17-20,22H2,1-4H3,(H,33,36);4-5,8-10H,1-3,6-7H2. The number of nitrogens with zero attached hydrogens (tertiary/aromatic N) is 3. The minimum absolute atomic E-state index is 0.0185. The molecule has 1 aromatic heterocycles. The number of pyridine rings is 1. The zero-order chi connectivity index (χ0) is 39.0. The molecule has 2 aromatic carbocycles. The summed E-state index contributed by atoms with van der Waals surface area (Å²) in [5.41, 5.74) is 2.98. The molecule has 0 bridgehead atoms. The number of hydrogen-bond acceptors (Lipinski definition) is 9. The van der Waals surface area contributed by atoms with E-state index in [1.165, 1.54) is 12.8 Å². The molecule has 3 aliphatic rings. The monoisotopic (exact) mass is 756 g/mol. The van der Waals surface area contributed by atoms with Gasteiger partial charge in [-0.1, -0.05) is 55.3 Å². The second kappa shape index (κ2) is 21.5. The first-order valence-corrected chi connectivity index (χ1v) is 20.3. The van der Waals surface area contributed by atoms with Crippen LogP contribution in [0, 0.1) is 0 Å². The van der Waals surface area contributed by atoms with Gasteiger partial charge in [0.15, 0.2) is 0 Å². The fraction of sp³-hybridized carbons (Fsp3) is 0.545. The number of rotatable bonds is 12. The number of hydrogen-bond donors (Lipinski definition) is 1. The maximum absolute atomic E-state index is 13.7. The van der Waals surface area contributed by atoms with Crippen LogP contribution in [0.5, 0.6) is 11.6 Å². The molecule has 1 N–H and O–H groups in total. The molecule has 55 heavy (non-hydrogen) atoms. The number of amides is 2. The predicted molar refractivity (Wildman–Crippen MR) is 212 cm³/mol. The van der Waals surface area contributed by atoms with Gasteiger partial charge in [0.2, 0.25) is 11.8 Å². The third-order valence-corrected chi connectivity index (χ3v) is 10.5. The highest BCUT2D eigenvalue weighted by molar-refractivity contribution is 5.88. The van der Waals surface area contributed by atoms with Gasteiger partial charge in [0, 0.05) is 44.0 Å². The van der Waals surface area contributed by atoms with Gasteiger partial charge in [0.1, 0.15) is 30.6 Å². The van der Waals surface area contributed by atoms with E-state index in [0.717, 1.165) is 80.4 Å². The lowest BCUT2D eigenvalue weighted by molar-refractivity contribution is -0.127. The molecule has 1 unspecified atom stereocenters. The van der Waals surface area contributed by atoms with Crippen molar-refractivity contribution in [1.29, 1.82) is 0 Å². The fourth-order valence-electron chi connectivity index (χ4n) is 7.66. The first-order chi connectivity index (χ1) is 26.7. The Kier molecular flexibility index (Phi) is 16.2. The van der Waals surface area contributed by atoms with Crippen LogP contribution in [0.3, 0.4) is 0 Å². The summed E-state index contributed by atoms with van der Waals surface area (Å²) in [5, 5.41) is 3.12. The van der Waals surface area contributed by atoms with Gasteiger partial charge in [-0.2, -0.15) is 0 Å². The van der Waals surface area contributed by atoms with Crippen molar-refractivity contribution in [3.8, 4) is 11.6 Å². The zero-order valence-electron chi connectivity index (χ0n) is 33.1. The van der Waals surface area contributed by atoms with Gasteiger partial charge < -0.3 is 24.3 Å². The van der Waals surface area contributed by atoms with Crippen molar-refractivity contribution in [3.05, 3.63) is 89.6 Å². The van der Waals surface area contributed by atoms with Crippen molar-refractivity contribution < 1.29 is 33.3 Å². The van der Waals surface area contributed by atoms with Gasteiger partial charge >= 0.3 is 12.2 Å². The summed E-state index contributed by atoms with van der Waals surface area (Å²) >= 11 is 0. The smallest absolute Gasteiger partial charge is 0.489 e. The average Bonchev–Trinajstić information content (AvgIpc) is 3.19. The molecule has 2 saturated carbocycles. The van der Waals surface area contributed by atoms with Gasteiger partial charge in [0.25, 0.3) is 0 Å². The predicted octanol–water partition coefficient (Wildman–Crippen LogP) is 8.80. The Morgan fingerprint density at radius 1 is 0.818 bits per heavy atom. The first kappa shape index (κ1) is 41.5. The molecule has 11 nitrogen and oxygen atoms in total. The minimum Gasteiger partial charge on any atom is -0.489 e. The Hall–Kier alpha value is -4.64. The summed E-state index contributed by atoms with van der Waals surface area (Å²) in [7, 11) is 0. The largest absolute Gasteiger partial charge is 0.515 e. The van der Waals surface area contributed by atoms with Gasteiger partial charge in [-0.05, 0) is 120 Å². The Labute approximate surface area is 327 Å². The topological polar surface area (TPSA) is 120 Å². The Morgan fingerprint density at radius 2 is 1.47 bits per heavy atom. The molecule has 1 atom stereocenters. The molecule has 0 radical (unpaired) electrons. The molecule has 2 amide bonds. The zero-order valence-corrected chi connectivity index (χ0v) is 33.1. The van der Waals surface area contributed by atoms with Crippen LogP contribution < -0.4 is 14.8 Å². The number of carbonyl (C=O) groups excluding carboxylic acids is 3. The van der Waals surface area contributed by atoms with E-state index in [-0.39, 0.29) is 30.1 Å². The van der Waals surface area contributed by atoms with E-state index in [1.807, 2.05) is 48.5 Å². The first-order valence-electron chi connectivity index (χ1n) is 20.3. The lowest BCUT2D eigenvalue weighted by Crippen LogP contribution is -2.49. The van der Waals surface area contributed by atoms with Crippen LogP contribution in [0.2, 0.25) is 0 Å². The van der Waals surface area contributed by atoms with Crippen molar-refractivity contribution >= 4 is 18.2 Å². The van der Waals surface area contributed by atoms with E-state index >= 15 is 0 Å². The molecular weight excluding hydrogens is 697 g/mol. The summed E-state index contributed by atoms with van der Waals surface area (Å²) in [6.07, 6.45) is 11.7. The number of ether oxygens (including phenoxy) is 4. The Morgan fingerprint density at radius 3 is 2.11 bits per heavy atom. The van der Waals surface area contributed by atoms with E-state index in [4.69, 9.17) is 18.9 Å². The van der Waals surface area contributed by atoms with E-state index in [1.54, 1.807) is 29.3 Å². The number of nitrogens with one attached hydrogen (secondary N) is 1. The average molecular weight is 757 g/mol. The molecule has 6 rings (SSSR count). The van der Waals surface area contributed by atoms with Crippen molar-refractivity contribution in [2.45, 2.75) is 135 Å². The molecule has 0 spiro atoms. The second-order valence-electron chi connectivity index (χ2n) is 15.2.